The summed E-state index contributed by atoms with van der Waals surface area (Å²) in [6, 6.07) is 6.93. The van der Waals surface area contributed by atoms with Crippen LogP contribution in [-0.4, -0.2) is 33.5 Å². The fourth-order valence-electron chi connectivity index (χ4n) is 3.12. The summed E-state index contributed by atoms with van der Waals surface area (Å²) in [5, 5.41) is 3.92. The molecule has 2 aromatic rings. The zero-order valence-corrected chi connectivity index (χ0v) is 14.0. The number of carbonyl (C=O) groups excluding carboxylic acids is 1. The number of amides is 1. The average molecular weight is 333 g/mol. The third-order valence-electron chi connectivity index (χ3n) is 4.43. The van der Waals surface area contributed by atoms with E-state index in [1.54, 1.807) is 6.07 Å². The fraction of sp³-hybridized carbons (Fsp3) is 0.471. The standard InChI is InChI=1S/C17H20FN3OS/c1-12-16(23-20-19-12)17(22)21-10-4-5-13(11-21)8-9-14-6-2-3-7-15(14)18/h2-3,6-7,13H,4-5,8-11H2,1H3. The Morgan fingerprint density at radius 3 is 3.00 bits per heavy atom. The fourth-order valence-corrected chi connectivity index (χ4v) is 3.74. The van der Waals surface area contributed by atoms with Crippen molar-refractivity contribution in [2.45, 2.75) is 32.6 Å². The van der Waals surface area contributed by atoms with Crippen LogP contribution in [0.3, 0.4) is 0 Å². The maximum atomic E-state index is 13.7. The number of aryl methyl sites for hydroxylation is 2. The van der Waals surface area contributed by atoms with Crippen LogP contribution >= 0.6 is 11.5 Å². The molecule has 0 bridgehead atoms. The van der Waals surface area contributed by atoms with Gasteiger partial charge in [-0.2, -0.15) is 0 Å². The highest BCUT2D eigenvalue weighted by atomic mass is 32.1. The Morgan fingerprint density at radius 1 is 1.43 bits per heavy atom. The molecule has 1 aromatic heterocycles. The Labute approximate surface area is 139 Å². The topological polar surface area (TPSA) is 46.1 Å². The number of aromatic nitrogens is 2. The van der Waals surface area contributed by atoms with Gasteiger partial charge in [-0.25, -0.2) is 4.39 Å². The molecule has 4 nitrogen and oxygen atoms in total. The molecule has 1 amide bonds. The molecule has 2 heterocycles. The molecule has 6 heteroatoms. The van der Waals surface area contributed by atoms with Crippen molar-refractivity contribution < 1.29 is 9.18 Å². The first-order valence-electron chi connectivity index (χ1n) is 7.97. The predicted molar refractivity (Wildman–Crippen MR) is 88.0 cm³/mol. The summed E-state index contributed by atoms with van der Waals surface area (Å²) < 4.78 is 17.5. The van der Waals surface area contributed by atoms with Crippen LogP contribution in [0.25, 0.3) is 0 Å². The Hall–Kier alpha value is -1.82. The van der Waals surface area contributed by atoms with Gasteiger partial charge in [0.05, 0.1) is 5.69 Å². The molecule has 3 rings (SSSR count). The molecule has 0 spiro atoms. The SMILES string of the molecule is Cc1nnsc1C(=O)N1CCCC(CCc2ccccc2F)C1. The van der Waals surface area contributed by atoms with Gasteiger partial charge in [-0.05, 0) is 61.7 Å². The molecule has 0 saturated carbocycles. The summed E-state index contributed by atoms with van der Waals surface area (Å²) in [5.41, 5.74) is 1.46. The molecular weight excluding hydrogens is 313 g/mol. The number of hydrogen-bond donors (Lipinski definition) is 0. The van der Waals surface area contributed by atoms with Crippen LogP contribution in [0.5, 0.6) is 0 Å². The molecule has 0 aliphatic carbocycles. The van der Waals surface area contributed by atoms with E-state index in [9.17, 15) is 9.18 Å². The monoisotopic (exact) mass is 333 g/mol. The van der Waals surface area contributed by atoms with Crippen molar-refractivity contribution in [2.24, 2.45) is 5.92 Å². The van der Waals surface area contributed by atoms with Gasteiger partial charge in [0.25, 0.3) is 5.91 Å². The van der Waals surface area contributed by atoms with Crippen LogP contribution in [0.4, 0.5) is 4.39 Å². The largest absolute Gasteiger partial charge is 0.338 e. The number of hydrogen-bond acceptors (Lipinski definition) is 4. The molecule has 1 atom stereocenters. The minimum atomic E-state index is -0.136. The Balaban J connectivity index is 1.59. The molecule has 1 aromatic carbocycles. The second-order valence-electron chi connectivity index (χ2n) is 6.08. The van der Waals surface area contributed by atoms with Crippen molar-refractivity contribution in [1.29, 1.82) is 0 Å². The van der Waals surface area contributed by atoms with Crippen molar-refractivity contribution in [3.05, 3.63) is 46.2 Å². The Morgan fingerprint density at radius 2 is 2.26 bits per heavy atom. The summed E-state index contributed by atoms with van der Waals surface area (Å²) in [6.07, 6.45) is 3.72. The number of benzene rings is 1. The van der Waals surface area contributed by atoms with E-state index in [1.165, 1.54) is 6.07 Å². The van der Waals surface area contributed by atoms with Gasteiger partial charge in [-0.15, -0.1) is 5.10 Å². The van der Waals surface area contributed by atoms with Crippen LogP contribution in [-0.2, 0) is 6.42 Å². The van der Waals surface area contributed by atoms with Crippen molar-refractivity contribution in [3.63, 3.8) is 0 Å². The third-order valence-corrected chi connectivity index (χ3v) is 5.25. The van der Waals surface area contributed by atoms with E-state index in [0.717, 1.165) is 55.9 Å². The smallest absolute Gasteiger partial charge is 0.267 e. The minimum absolute atomic E-state index is 0.0353. The van der Waals surface area contributed by atoms with Crippen molar-refractivity contribution in [1.82, 2.24) is 14.5 Å². The number of carbonyl (C=O) groups is 1. The van der Waals surface area contributed by atoms with Crippen molar-refractivity contribution in [2.75, 3.05) is 13.1 Å². The molecule has 23 heavy (non-hydrogen) atoms. The molecule has 1 unspecified atom stereocenters. The van der Waals surface area contributed by atoms with E-state index < -0.39 is 0 Å². The lowest BCUT2D eigenvalue weighted by Crippen LogP contribution is -2.40. The number of halogens is 1. The second-order valence-corrected chi connectivity index (χ2v) is 6.83. The van der Waals surface area contributed by atoms with E-state index in [0.29, 0.717) is 16.5 Å². The van der Waals surface area contributed by atoms with Crippen LogP contribution < -0.4 is 0 Å². The highest BCUT2D eigenvalue weighted by molar-refractivity contribution is 7.07. The molecule has 0 N–H and O–H groups in total. The van der Waals surface area contributed by atoms with Gasteiger partial charge in [0, 0.05) is 13.1 Å². The zero-order valence-electron chi connectivity index (χ0n) is 13.2. The lowest BCUT2D eigenvalue weighted by Gasteiger charge is -2.32. The van der Waals surface area contributed by atoms with Crippen LogP contribution in [0.15, 0.2) is 24.3 Å². The van der Waals surface area contributed by atoms with E-state index in [2.05, 4.69) is 9.59 Å². The van der Waals surface area contributed by atoms with Gasteiger partial charge in [0.15, 0.2) is 0 Å². The summed E-state index contributed by atoms with van der Waals surface area (Å²) in [5.74, 6) is 0.323. The highest BCUT2D eigenvalue weighted by Gasteiger charge is 2.26. The second kappa shape index (κ2) is 7.17. The quantitative estimate of drug-likeness (QED) is 0.861. The van der Waals surface area contributed by atoms with E-state index in [-0.39, 0.29) is 11.7 Å². The third kappa shape index (κ3) is 3.75. The van der Waals surface area contributed by atoms with Crippen LogP contribution in [0.1, 0.15) is 40.2 Å². The first-order valence-corrected chi connectivity index (χ1v) is 8.74. The summed E-state index contributed by atoms with van der Waals surface area (Å²) >= 11 is 1.16. The highest BCUT2D eigenvalue weighted by Crippen LogP contribution is 2.24. The molecule has 1 fully saturated rings. The normalized spacial score (nSPS) is 18.2. The maximum absolute atomic E-state index is 13.7. The molecule has 0 radical (unpaired) electrons. The summed E-state index contributed by atoms with van der Waals surface area (Å²) in [7, 11) is 0. The van der Waals surface area contributed by atoms with Gasteiger partial charge >= 0.3 is 0 Å². The number of piperidine rings is 1. The average Bonchev–Trinajstić information content (AvgIpc) is 3.00. The van der Waals surface area contributed by atoms with E-state index in [1.807, 2.05) is 24.0 Å². The molecule has 1 aliphatic heterocycles. The van der Waals surface area contributed by atoms with Crippen LogP contribution in [0, 0.1) is 18.7 Å². The lowest BCUT2D eigenvalue weighted by atomic mass is 9.91. The van der Waals surface area contributed by atoms with E-state index in [4.69, 9.17) is 0 Å². The Kier molecular flexibility index (Phi) is 5.00. The summed E-state index contributed by atoms with van der Waals surface area (Å²) in [4.78, 5) is 15.1. The van der Waals surface area contributed by atoms with Gasteiger partial charge in [0.2, 0.25) is 0 Å². The maximum Gasteiger partial charge on any atom is 0.267 e. The van der Waals surface area contributed by atoms with Crippen molar-refractivity contribution >= 4 is 17.4 Å². The van der Waals surface area contributed by atoms with Crippen LogP contribution in [0.2, 0.25) is 0 Å². The lowest BCUT2D eigenvalue weighted by molar-refractivity contribution is 0.0672. The van der Waals surface area contributed by atoms with Gasteiger partial charge in [0.1, 0.15) is 10.7 Å². The minimum Gasteiger partial charge on any atom is -0.338 e. The molecule has 122 valence electrons. The number of nitrogens with zero attached hydrogens (tertiary/aromatic N) is 3. The van der Waals surface area contributed by atoms with Gasteiger partial charge in [-0.1, -0.05) is 22.7 Å². The zero-order chi connectivity index (χ0) is 16.2. The number of rotatable bonds is 4. The van der Waals surface area contributed by atoms with Crippen molar-refractivity contribution in [3.8, 4) is 0 Å². The first kappa shape index (κ1) is 16.1. The summed E-state index contributed by atoms with van der Waals surface area (Å²) in [6.45, 7) is 3.34. The first-order chi connectivity index (χ1) is 11.1. The number of likely N-dealkylation sites (tertiary alicyclic amines) is 1. The molecular formula is C17H20FN3OS. The Bertz CT molecular complexity index is 688. The predicted octanol–water partition coefficient (Wildman–Crippen LogP) is 3.47. The van der Waals surface area contributed by atoms with Gasteiger partial charge in [-0.3, -0.25) is 4.79 Å². The van der Waals surface area contributed by atoms with E-state index >= 15 is 0 Å². The molecule has 1 saturated heterocycles. The van der Waals surface area contributed by atoms with Gasteiger partial charge < -0.3 is 4.90 Å². The molecule has 1 aliphatic rings.